The molecule has 0 heterocycles. The first-order valence-corrected chi connectivity index (χ1v) is 4.12. The maximum atomic E-state index is 2.37. The Morgan fingerprint density at radius 3 is 2.11 bits per heavy atom. The van der Waals surface area contributed by atoms with E-state index in [4.69, 9.17) is 0 Å². The summed E-state index contributed by atoms with van der Waals surface area (Å²) in [5.74, 6) is 1.95. The van der Waals surface area contributed by atoms with Crippen molar-refractivity contribution in [2.24, 2.45) is 11.8 Å². The van der Waals surface area contributed by atoms with Crippen molar-refractivity contribution in [3.05, 3.63) is 6.42 Å². The Kier molecular flexibility index (Phi) is 2.56. The average Bonchev–Trinajstić information content (AvgIpc) is 1.90. The van der Waals surface area contributed by atoms with Gasteiger partial charge in [0.25, 0.3) is 0 Å². The molecule has 0 aliphatic heterocycles. The molecule has 0 heteroatoms. The van der Waals surface area contributed by atoms with Crippen LogP contribution in [0.5, 0.6) is 0 Å². The third-order valence-corrected chi connectivity index (χ3v) is 2.53. The summed E-state index contributed by atoms with van der Waals surface area (Å²) in [4.78, 5) is 0. The quantitative estimate of drug-likeness (QED) is 0.505. The molecule has 1 fully saturated rings. The van der Waals surface area contributed by atoms with Gasteiger partial charge in [-0.25, -0.2) is 0 Å². The molecular formula is C9H17. The van der Waals surface area contributed by atoms with E-state index in [-0.39, 0.29) is 0 Å². The highest BCUT2D eigenvalue weighted by molar-refractivity contribution is 4.77. The molecule has 0 bridgehead atoms. The van der Waals surface area contributed by atoms with Gasteiger partial charge in [0.05, 0.1) is 0 Å². The summed E-state index contributed by atoms with van der Waals surface area (Å²) in [6, 6.07) is 0. The Balaban J connectivity index is 2.18. The van der Waals surface area contributed by atoms with Crippen molar-refractivity contribution >= 4 is 0 Å². The van der Waals surface area contributed by atoms with Gasteiger partial charge in [-0.05, 0) is 31.1 Å². The van der Waals surface area contributed by atoms with E-state index in [1.807, 2.05) is 0 Å². The standard InChI is InChI=1S/C9H17/c1-3-9-6-4-8(2)5-7-9/h3,8-9H,4-7H2,1-2H3. The summed E-state index contributed by atoms with van der Waals surface area (Å²) in [6.45, 7) is 4.56. The Morgan fingerprint density at radius 1 is 1.11 bits per heavy atom. The van der Waals surface area contributed by atoms with Crippen LogP contribution in [0.25, 0.3) is 0 Å². The van der Waals surface area contributed by atoms with Crippen molar-refractivity contribution in [1.29, 1.82) is 0 Å². The predicted molar refractivity (Wildman–Crippen MR) is 41.1 cm³/mol. The maximum absolute atomic E-state index is 2.37. The van der Waals surface area contributed by atoms with Crippen LogP contribution in [0.2, 0.25) is 0 Å². The molecule has 0 N–H and O–H groups in total. The molecule has 0 atom stereocenters. The minimum absolute atomic E-state index is 0.946. The fourth-order valence-corrected chi connectivity index (χ4v) is 1.62. The van der Waals surface area contributed by atoms with Crippen LogP contribution in [0.1, 0.15) is 39.5 Å². The molecule has 0 spiro atoms. The Hall–Kier alpha value is 0. The molecule has 0 amide bonds. The second-order valence-electron chi connectivity index (χ2n) is 3.35. The average molecular weight is 125 g/mol. The summed E-state index contributed by atoms with van der Waals surface area (Å²) in [5.41, 5.74) is 0. The number of rotatable bonds is 1. The van der Waals surface area contributed by atoms with E-state index in [1.54, 1.807) is 0 Å². The zero-order valence-corrected chi connectivity index (χ0v) is 6.56. The Bertz CT molecular complexity index is 68.1. The molecule has 1 radical (unpaired) electrons. The second-order valence-corrected chi connectivity index (χ2v) is 3.35. The van der Waals surface area contributed by atoms with Gasteiger partial charge in [0.1, 0.15) is 0 Å². The number of hydrogen-bond donors (Lipinski definition) is 0. The molecule has 1 aliphatic rings. The molecule has 53 valence electrons. The molecule has 1 saturated carbocycles. The van der Waals surface area contributed by atoms with Crippen molar-refractivity contribution in [3.63, 3.8) is 0 Å². The minimum atomic E-state index is 0.946. The number of hydrogen-bond acceptors (Lipinski definition) is 0. The fourth-order valence-electron chi connectivity index (χ4n) is 1.62. The van der Waals surface area contributed by atoms with Gasteiger partial charge >= 0.3 is 0 Å². The third kappa shape index (κ3) is 2.00. The topological polar surface area (TPSA) is 0 Å². The molecule has 1 aliphatic carbocycles. The molecule has 0 unspecified atom stereocenters. The van der Waals surface area contributed by atoms with Gasteiger partial charge in [0.2, 0.25) is 0 Å². The third-order valence-electron chi connectivity index (χ3n) is 2.53. The summed E-state index contributed by atoms with van der Waals surface area (Å²) >= 11 is 0. The van der Waals surface area contributed by atoms with E-state index >= 15 is 0 Å². The molecule has 0 saturated heterocycles. The summed E-state index contributed by atoms with van der Waals surface area (Å²) < 4.78 is 0. The van der Waals surface area contributed by atoms with E-state index in [0.29, 0.717) is 0 Å². The molecule has 9 heavy (non-hydrogen) atoms. The minimum Gasteiger partial charge on any atom is -0.0625 e. The largest absolute Gasteiger partial charge is 0.0625 e. The highest BCUT2D eigenvalue weighted by atomic mass is 14.2. The van der Waals surface area contributed by atoms with Crippen LogP contribution in [0, 0.1) is 18.3 Å². The first kappa shape index (κ1) is 7.11. The smallest absolute Gasteiger partial charge is 0.0386 e. The zero-order chi connectivity index (χ0) is 6.69. The van der Waals surface area contributed by atoms with Crippen LogP contribution in [0.4, 0.5) is 0 Å². The van der Waals surface area contributed by atoms with Gasteiger partial charge in [0.15, 0.2) is 0 Å². The van der Waals surface area contributed by atoms with Gasteiger partial charge in [-0.15, -0.1) is 0 Å². The van der Waals surface area contributed by atoms with Crippen LogP contribution < -0.4 is 0 Å². The molecular weight excluding hydrogens is 108 g/mol. The zero-order valence-electron chi connectivity index (χ0n) is 6.56. The van der Waals surface area contributed by atoms with E-state index in [1.165, 1.54) is 25.7 Å². The van der Waals surface area contributed by atoms with Gasteiger partial charge in [-0.3, -0.25) is 0 Å². The van der Waals surface area contributed by atoms with Gasteiger partial charge in [-0.1, -0.05) is 26.7 Å². The van der Waals surface area contributed by atoms with Crippen LogP contribution in [0.3, 0.4) is 0 Å². The normalized spacial score (nSPS) is 36.7. The van der Waals surface area contributed by atoms with Crippen molar-refractivity contribution in [2.75, 3.05) is 0 Å². The van der Waals surface area contributed by atoms with Crippen LogP contribution in [-0.4, -0.2) is 0 Å². The molecule has 0 nitrogen and oxygen atoms in total. The summed E-state index contributed by atoms with van der Waals surface area (Å²) in [5, 5.41) is 0. The summed E-state index contributed by atoms with van der Waals surface area (Å²) in [7, 11) is 0. The van der Waals surface area contributed by atoms with Crippen molar-refractivity contribution in [1.82, 2.24) is 0 Å². The van der Waals surface area contributed by atoms with Gasteiger partial charge < -0.3 is 0 Å². The first-order chi connectivity index (χ1) is 4.33. The monoisotopic (exact) mass is 125 g/mol. The molecule has 0 aromatic heterocycles. The van der Waals surface area contributed by atoms with Gasteiger partial charge in [0, 0.05) is 0 Å². The van der Waals surface area contributed by atoms with Crippen molar-refractivity contribution < 1.29 is 0 Å². The fraction of sp³-hybridized carbons (Fsp3) is 0.889. The Morgan fingerprint density at radius 2 is 1.67 bits per heavy atom. The van der Waals surface area contributed by atoms with Crippen LogP contribution in [0.15, 0.2) is 0 Å². The van der Waals surface area contributed by atoms with Crippen molar-refractivity contribution in [3.8, 4) is 0 Å². The second kappa shape index (κ2) is 3.24. The van der Waals surface area contributed by atoms with E-state index < -0.39 is 0 Å². The SMILES string of the molecule is C[CH]C1CCC(C)CC1. The molecule has 1 rings (SSSR count). The van der Waals surface area contributed by atoms with Crippen LogP contribution in [-0.2, 0) is 0 Å². The lowest BCUT2D eigenvalue weighted by Crippen LogP contribution is -2.11. The van der Waals surface area contributed by atoms with E-state index in [2.05, 4.69) is 20.3 Å². The molecule has 0 aromatic carbocycles. The lowest BCUT2D eigenvalue weighted by atomic mass is 9.82. The lowest BCUT2D eigenvalue weighted by Gasteiger charge is -2.24. The van der Waals surface area contributed by atoms with Crippen LogP contribution >= 0.6 is 0 Å². The van der Waals surface area contributed by atoms with Gasteiger partial charge in [-0.2, -0.15) is 0 Å². The van der Waals surface area contributed by atoms with E-state index in [0.717, 1.165) is 11.8 Å². The maximum Gasteiger partial charge on any atom is -0.0386 e. The Labute approximate surface area is 58.7 Å². The highest BCUT2D eigenvalue weighted by Crippen LogP contribution is 2.29. The van der Waals surface area contributed by atoms with E-state index in [9.17, 15) is 0 Å². The van der Waals surface area contributed by atoms with Crippen molar-refractivity contribution in [2.45, 2.75) is 39.5 Å². The summed E-state index contributed by atoms with van der Waals surface area (Å²) in [6.07, 6.45) is 8.16. The predicted octanol–water partition coefficient (Wildman–Crippen LogP) is 3.04. The lowest BCUT2D eigenvalue weighted by molar-refractivity contribution is 0.317. The molecule has 0 aromatic rings. The first-order valence-electron chi connectivity index (χ1n) is 4.12. The highest BCUT2D eigenvalue weighted by Gasteiger charge is 2.15.